The van der Waals surface area contributed by atoms with E-state index < -0.39 is 18.1 Å². The van der Waals surface area contributed by atoms with Crippen LogP contribution in [-0.4, -0.2) is 51.2 Å². The maximum absolute atomic E-state index is 12.5. The Hall–Kier alpha value is -2.32. The molecule has 4 rings (SSSR count). The van der Waals surface area contributed by atoms with Gasteiger partial charge in [-0.05, 0) is 30.5 Å². The van der Waals surface area contributed by atoms with Gasteiger partial charge >= 0.3 is 0 Å². The van der Waals surface area contributed by atoms with Crippen molar-refractivity contribution < 1.29 is 15.0 Å². The van der Waals surface area contributed by atoms with Crippen molar-refractivity contribution >= 4 is 27.5 Å². The molecule has 29 heavy (non-hydrogen) atoms. The van der Waals surface area contributed by atoms with Crippen LogP contribution in [-0.2, 0) is 11.3 Å². The SMILES string of the molecule is O=C(NC1CCN(Cc2ccccc2)CC1)C(O)C(O)c1nc2ccccc2s1. The molecule has 2 unspecified atom stereocenters. The Morgan fingerprint density at radius 2 is 1.79 bits per heavy atom. The highest BCUT2D eigenvalue weighted by Gasteiger charge is 2.30. The number of amides is 1. The van der Waals surface area contributed by atoms with Crippen LogP contribution < -0.4 is 5.32 Å². The molecule has 0 aliphatic carbocycles. The molecule has 2 aromatic carbocycles. The van der Waals surface area contributed by atoms with Crippen LogP contribution in [0.2, 0.25) is 0 Å². The minimum absolute atomic E-state index is 0.00624. The third-order valence-corrected chi connectivity index (χ3v) is 6.42. The molecule has 0 radical (unpaired) electrons. The smallest absolute Gasteiger partial charge is 0.252 e. The lowest BCUT2D eigenvalue weighted by molar-refractivity contribution is -0.136. The summed E-state index contributed by atoms with van der Waals surface area (Å²) in [7, 11) is 0. The van der Waals surface area contributed by atoms with E-state index in [9.17, 15) is 15.0 Å². The van der Waals surface area contributed by atoms with Gasteiger partial charge in [-0.25, -0.2) is 4.98 Å². The van der Waals surface area contributed by atoms with Gasteiger partial charge in [0, 0.05) is 25.7 Å². The molecule has 1 aromatic heterocycles. The average molecular weight is 412 g/mol. The zero-order valence-electron chi connectivity index (χ0n) is 16.1. The summed E-state index contributed by atoms with van der Waals surface area (Å²) >= 11 is 1.29. The number of rotatable bonds is 6. The summed E-state index contributed by atoms with van der Waals surface area (Å²) < 4.78 is 0.917. The summed E-state index contributed by atoms with van der Waals surface area (Å²) in [5.41, 5.74) is 2.04. The van der Waals surface area contributed by atoms with Crippen LogP contribution in [0.5, 0.6) is 0 Å². The van der Waals surface area contributed by atoms with Crippen LogP contribution in [0.15, 0.2) is 54.6 Å². The third kappa shape index (κ3) is 4.82. The van der Waals surface area contributed by atoms with E-state index >= 15 is 0 Å². The first kappa shape index (κ1) is 20.0. The van der Waals surface area contributed by atoms with Crippen molar-refractivity contribution in [2.75, 3.05) is 13.1 Å². The van der Waals surface area contributed by atoms with Gasteiger partial charge in [-0.2, -0.15) is 0 Å². The number of likely N-dealkylation sites (tertiary alicyclic amines) is 1. The number of piperidine rings is 1. The van der Waals surface area contributed by atoms with Crippen molar-refractivity contribution in [2.24, 2.45) is 0 Å². The quantitative estimate of drug-likeness (QED) is 0.580. The second kappa shape index (κ2) is 9.00. The lowest BCUT2D eigenvalue weighted by Crippen LogP contribution is -2.48. The summed E-state index contributed by atoms with van der Waals surface area (Å²) in [5, 5.41) is 24.0. The fraction of sp³-hybridized carbons (Fsp3) is 0.364. The van der Waals surface area contributed by atoms with Crippen molar-refractivity contribution in [3.8, 4) is 0 Å². The number of hydrogen-bond acceptors (Lipinski definition) is 6. The molecule has 2 heterocycles. The largest absolute Gasteiger partial charge is 0.383 e. The lowest BCUT2D eigenvalue weighted by atomic mass is 10.0. The van der Waals surface area contributed by atoms with E-state index in [1.807, 2.05) is 42.5 Å². The number of nitrogens with one attached hydrogen (secondary N) is 1. The van der Waals surface area contributed by atoms with Crippen molar-refractivity contribution in [3.63, 3.8) is 0 Å². The molecule has 1 saturated heterocycles. The number of benzene rings is 2. The first-order chi connectivity index (χ1) is 14.1. The van der Waals surface area contributed by atoms with Crippen molar-refractivity contribution in [3.05, 3.63) is 65.2 Å². The lowest BCUT2D eigenvalue weighted by Gasteiger charge is -2.33. The molecule has 1 aliphatic rings. The monoisotopic (exact) mass is 411 g/mol. The van der Waals surface area contributed by atoms with Crippen LogP contribution in [0.25, 0.3) is 10.2 Å². The summed E-state index contributed by atoms with van der Waals surface area (Å²) in [6.07, 6.45) is -1.21. The zero-order chi connectivity index (χ0) is 20.2. The van der Waals surface area contributed by atoms with Gasteiger partial charge in [-0.15, -0.1) is 11.3 Å². The molecule has 7 heteroatoms. The fourth-order valence-electron chi connectivity index (χ4n) is 3.66. The highest BCUT2D eigenvalue weighted by molar-refractivity contribution is 7.18. The first-order valence-corrected chi connectivity index (χ1v) is 10.7. The molecule has 1 aliphatic heterocycles. The topological polar surface area (TPSA) is 85.7 Å². The van der Waals surface area contributed by atoms with Crippen LogP contribution in [0, 0.1) is 0 Å². The number of carbonyl (C=O) groups is 1. The summed E-state index contributed by atoms with van der Waals surface area (Å²) in [6, 6.07) is 17.8. The predicted molar refractivity (Wildman–Crippen MR) is 113 cm³/mol. The second-order valence-corrected chi connectivity index (χ2v) is 8.52. The van der Waals surface area contributed by atoms with Crippen LogP contribution >= 0.6 is 11.3 Å². The molecule has 3 aromatic rings. The average Bonchev–Trinajstić information content (AvgIpc) is 3.19. The van der Waals surface area contributed by atoms with E-state index in [-0.39, 0.29) is 6.04 Å². The molecule has 6 nitrogen and oxygen atoms in total. The molecule has 3 N–H and O–H groups in total. The van der Waals surface area contributed by atoms with E-state index in [1.54, 1.807) is 0 Å². The standard InChI is InChI=1S/C22H25N3O3S/c26-19(20(27)22-24-17-8-4-5-9-18(17)29-22)21(28)23-16-10-12-25(13-11-16)14-15-6-2-1-3-7-15/h1-9,16,19-20,26-27H,10-14H2,(H,23,28). The van der Waals surface area contributed by atoms with Gasteiger partial charge < -0.3 is 15.5 Å². The summed E-state index contributed by atoms with van der Waals surface area (Å²) in [5.74, 6) is -0.543. The van der Waals surface area contributed by atoms with Gasteiger partial charge in [0.1, 0.15) is 11.1 Å². The van der Waals surface area contributed by atoms with E-state index in [2.05, 4.69) is 27.3 Å². The molecule has 2 atom stereocenters. The van der Waals surface area contributed by atoms with E-state index in [1.165, 1.54) is 16.9 Å². The van der Waals surface area contributed by atoms with Crippen LogP contribution in [0.4, 0.5) is 0 Å². The number of nitrogens with zero attached hydrogens (tertiary/aromatic N) is 2. The zero-order valence-corrected chi connectivity index (χ0v) is 16.9. The maximum Gasteiger partial charge on any atom is 0.252 e. The molecular weight excluding hydrogens is 386 g/mol. The highest BCUT2D eigenvalue weighted by Crippen LogP contribution is 2.28. The maximum atomic E-state index is 12.5. The summed E-state index contributed by atoms with van der Waals surface area (Å²) in [6.45, 7) is 2.67. The Labute approximate surface area is 173 Å². The third-order valence-electron chi connectivity index (χ3n) is 5.31. The molecule has 152 valence electrons. The minimum atomic E-state index is -1.53. The number of thiazole rings is 1. The Balaban J connectivity index is 1.29. The van der Waals surface area contributed by atoms with Gasteiger partial charge in [-0.1, -0.05) is 42.5 Å². The van der Waals surface area contributed by atoms with Gasteiger partial charge in [0.25, 0.3) is 5.91 Å². The Morgan fingerprint density at radius 3 is 2.52 bits per heavy atom. The number of fused-ring (bicyclic) bond motifs is 1. The van der Waals surface area contributed by atoms with Gasteiger partial charge in [0.2, 0.25) is 0 Å². The number of aliphatic hydroxyl groups excluding tert-OH is 2. The number of para-hydroxylation sites is 1. The van der Waals surface area contributed by atoms with Crippen molar-refractivity contribution in [2.45, 2.75) is 37.6 Å². The normalized spacial score (nSPS) is 17.9. The Morgan fingerprint density at radius 1 is 1.10 bits per heavy atom. The second-order valence-electron chi connectivity index (χ2n) is 7.45. The summed E-state index contributed by atoms with van der Waals surface area (Å²) in [4.78, 5) is 19.2. The predicted octanol–water partition coefficient (Wildman–Crippen LogP) is 2.47. The van der Waals surface area contributed by atoms with Gasteiger partial charge in [0.05, 0.1) is 10.2 Å². The van der Waals surface area contributed by atoms with E-state index in [4.69, 9.17) is 0 Å². The van der Waals surface area contributed by atoms with Crippen LogP contribution in [0.1, 0.15) is 29.5 Å². The minimum Gasteiger partial charge on any atom is -0.383 e. The van der Waals surface area contributed by atoms with Gasteiger partial charge in [-0.3, -0.25) is 9.69 Å². The van der Waals surface area contributed by atoms with E-state index in [0.717, 1.165) is 42.7 Å². The molecule has 1 amide bonds. The number of hydrogen-bond donors (Lipinski definition) is 3. The fourth-order valence-corrected chi connectivity index (χ4v) is 4.64. The number of aromatic nitrogens is 1. The Kier molecular flexibility index (Phi) is 6.20. The van der Waals surface area contributed by atoms with Crippen molar-refractivity contribution in [1.82, 2.24) is 15.2 Å². The molecule has 1 fully saturated rings. The van der Waals surface area contributed by atoms with Crippen molar-refractivity contribution in [1.29, 1.82) is 0 Å². The number of carbonyl (C=O) groups excluding carboxylic acids is 1. The molecular formula is C22H25N3O3S. The van der Waals surface area contributed by atoms with E-state index in [0.29, 0.717) is 5.01 Å². The highest BCUT2D eigenvalue weighted by atomic mass is 32.1. The van der Waals surface area contributed by atoms with Crippen LogP contribution in [0.3, 0.4) is 0 Å². The molecule has 0 bridgehead atoms. The number of aliphatic hydroxyl groups is 2. The Bertz CT molecular complexity index is 921. The molecule has 0 saturated carbocycles. The first-order valence-electron chi connectivity index (χ1n) is 9.88. The molecule has 0 spiro atoms. The van der Waals surface area contributed by atoms with Gasteiger partial charge in [0.15, 0.2) is 6.10 Å².